The van der Waals surface area contributed by atoms with Gasteiger partial charge < -0.3 is 20.4 Å². The first-order valence-electron chi connectivity index (χ1n) is 9.44. The standard InChI is InChI=1S/C24H16N4O4/c1-11-15(20-12(2)21(27-3)23(26)28-22(20)17(11)10-25)9-14-5-7-19(32-14)13-4-6-18(29)16(8-13)24(30)31/h4-9,29H,1-2H3,(H2,26,28)(H,30,31)/b15-9+. The number of nitrogens with two attached hydrogens (primary N) is 1. The molecular weight excluding hydrogens is 408 g/mol. The topological polar surface area (TPSA) is 138 Å². The van der Waals surface area contributed by atoms with Crippen molar-refractivity contribution in [2.45, 2.75) is 13.8 Å². The van der Waals surface area contributed by atoms with Crippen LogP contribution in [0.2, 0.25) is 0 Å². The Balaban J connectivity index is 1.84. The van der Waals surface area contributed by atoms with Crippen LogP contribution in [-0.4, -0.2) is 21.2 Å². The minimum Gasteiger partial charge on any atom is -0.507 e. The van der Waals surface area contributed by atoms with E-state index in [9.17, 15) is 20.3 Å². The number of nitrogen functional groups attached to an aromatic ring is 1. The first-order chi connectivity index (χ1) is 15.3. The van der Waals surface area contributed by atoms with Crippen molar-refractivity contribution >= 4 is 34.7 Å². The first kappa shape index (κ1) is 20.5. The van der Waals surface area contributed by atoms with Crippen LogP contribution in [0.25, 0.3) is 33.4 Å². The van der Waals surface area contributed by atoms with Gasteiger partial charge in [0.2, 0.25) is 5.69 Å². The smallest absolute Gasteiger partial charge is 0.339 e. The number of carboxylic acid groups (broad SMARTS) is 1. The molecular formula is C24H16N4O4. The molecule has 156 valence electrons. The van der Waals surface area contributed by atoms with Crippen LogP contribution in [0.3, 0.4) is 0 Å². The molecule has 0 amide bonds. The molecule has 0 saturated heterocycles. The fourth-order valence-corrected chi connectivity index (χ4v) is 3.77. The van der Waals surface area contributed by atoms with Crippen molar-refractivity contribution in [2.75, 3.05) is 5.73 Å². The van der Waals surface area contributed by atoms with Crippen molar-refractivity contribution in [1.29, 1.82) is 5.26 Å². The number of allylic oxidation sites excluding steroid dienone is 3. The Morgan fingerprint density at radius 3 is 2.72 bits per heavy atom. The van der Waals surface area contributed by atoms with Crippen molar-refractivity contribution in [3.63, 3.8) is 0 Å². The molecule has 2 aromatic heterocycles. The van der Waals surface area contributed by atoms with Gasteiger partial charge in [0.1, 0.15) is 34.7 Å². The normalized spacial score (nSPS) is 13.7. The van der Waals surface area contributed by atoms with Gasteiger partial charge in [-0.25, -0.2) is 14.6 Å². The molecule has 8 heteroatoms. The average Bonchev–Trinajstić information content (AvgIpc) is 3.31. The number of benzene rings is 1. The number of nitriles is 1. The lowest BCUT2D eigenvalue weighted by Crippen LogP contribution is -1.99. The van der Waals surface area contributed by atoms with Crippen LogP contribution in [0, 0.1) is 24.8 Å². The molecule has 0 bridgehead atoms. The monoisotopic (exact) mass is 424 g/mol. The van der Waals surface area contributed by atoms with Gasteiger partial charge in [0.05, 0.1) is 17.8 Å². The quantitative estimate of drug-likeness (QED) is 0.501. The fraction of sp³-hybridized carbons (Fsp3) is 0.0833. The molecule has 32 heavy (non-hydrogen) atoms. The number of hydrogen-bond acceptors (Lipinski definition) is 6. The number of aromatic hydroxyl groups is 1. The number of carbonyl (C=O) groups is 1. The fourth-order valence-electron chi connectivity index (χ4n) is 3.77. The summed E-state index contributed by atoms with van der Waals surface area (Å²) in [5.41, 5.74) is 9.93. The Labute approximate surface area is 183 Å². The number of fused-ring (bicyclic) bond motifs is 1. The third-order valence-electron chi connectivity index (χ3n) is 5.38. The van der Waals surface area contributed by atoms with E-state index in [1.165, 1.54) is 12.1 Å². The summed E-state index contributed by atoms with van der Waals surface area (Å²) in [7, 11) is 0. The second-order valence-corrected chi connectivity index (χ2v) is 7.21. The molecule has 1 aliphatic carbocycles. The van der Waals surface area contributed by atoms with Gasteiger partial charge in [-0.3, -0.25) is 0 Å². The average molecular weight is 424 g/mol. The number of rotatable bonds is 3. The van der Waals surface area contributed by atoms with Crippen molar-refractivity contribution in [2.24, 2.45) is 0 Å². The summed E-state index contributed by atoms with van der Waals surface area (Å²) in [6, 6.07) is 9.74. The molecule has 2 heterocycles. The molecule has 1 aromatic carbocycles. The summed E-state index contributed by atoms with van der Waals surface area (Å²) >= 11 is 0. The van der Waals surface area contributed by atoms with Crippen LogP contribution in [-0.2, 0) is 0 Å². The van der Waals surface area contributed by atoms with Crippen LogP contribution in [0.15, 0.2) is 40.3 Å². The Morgan fingerprint density at radius 1 is 1.31 bits per heavy atom. The van der Waals surface area contributed by atoms with Crippen molar-refractivity contribution in [1.82, 2.24) is 4.98 Å². The van der Waals surface area contributed by atoms with Crippen molar-refractivity contribution in [3.05, 3.63) is 75.5 Å². The van der Waals surface area contributed by atoms with Crippen LogP contribution in [0.5, 0.6) is 5.75 Å². The van der Waals surface area contributed by atoms with Crippen LogP contribution in [0.4, 0.5) is 11.5 Å². The summed E-state index contributed by atoms with van der Waals surface area (Å²) in [5, 5.41) is 28.6. The van der Waals surface area contributed by atoms with E-state index < -0.39 is 5.97 Å². The maximum absolute atomic E-state index is 11.3. The number of aromatic nitrogens is 1. The van der Waals surface area contributed by atoms with E-state index in [0.29, 0.717) is 50.6 Å². The highest BCUT2D eigenvalue weighted by Gasteiger charge is 2.29. The lowest BCUT2D eigenvalue weighted by molar-refractivity contribution is 0.0694. The summed E-state index contributed by atoms with van der Waals surface area (Å²) < 4.78 is 5.90. The number of hydrogen-bond donors (Lipinski definition) is 3. The van der Waals surface area contributed by atoms with E-state index in [1.54, 1.807) is 38.1 Å². The zero-order valence-corrected chi connectivity index (χ0v) is 17.1. The van der Waals surface area contributed by atoms with E-state index >= 15 is 0 Å². The lowest BCUT2D eigenvalue weighted by atomic mass is 9.98. The molecule has 4 N–H and O–H groups in total. The molecule has 4 rings (SSSR count). The van der Waals surface area contributed by atoms with Crippen molar-refractivity contribution < 1.29 is 19.4 Å². The highest BCUT2D eigenvalue weighted by molar-refractivity contribution is 6.09. The van der Waals surface area contributed by atoms with Gasteiger partial charge in [0.15, 0.2) is 0 Å². The molecule has 0 aliphatic heterocycles. The minimum atomic E-state index is -1.25. The maximum atomic E-state index is 11.3. The third kappa shape index (κ3) is 3.08. The molecule has 0 spiro atoms. The van der Waals surface area contributed by atoms with E-state index in [-0.39, 0.29) is 22.8 Å². The molecule has 1 aliphatic rings. The first-order valence-corrected chi connectivity index (χ1v) is 9.44. The molecule has 0 unspecified atom stereocenters. The predicted molar refractivity (Wildman–Crippen MR) is 118 cm³/mol. The van der Waals surface area contributed by atoms with Gasteiger partial charge in [0.25, 0.3) is 0 Å². The lowest BCUT2D eigenvalue weighted by Gasteiger charge is -2.10. The number of carboxylic acids is 1. The molecule has 0 radical (unpaired) electrons. The number of furan rings is 1. The van der Waals surface area contributed by atoms with E-state index in [2.05, 4.69) is 15.9 Å². The highest BCUT2D eigenvalue weighted by Crippen LogP contribution is 2.46. The number of nitrogens with zero attached hydrogens (tertiary/aromatic N) is 3. The Kier molecular flexibility index (Phi) is 4.77. The Bertz CT molecular complexity index is 1460. The van der Waals surface area contributed by atoms with Gasteiger partial charge in [-0.1, -0.05) is 0 Å². The number of aromatic carboxylic acids is 1. The summed E-state index contributed by atoms with van der Waals surface area (Å²) in [4.78, 5) is 19.1. The van der Waals surface area contributed by atoms with Crippen LogP contribution < -0.4 is 5.73 Å². The predicted octanol–water partition coefficient (Wildman–Crippen LogP) is 5.04. The summed E-state index contributed by atoms with van der Waals surface area (Å²) in [5.74, 6) is -0.623. The minimum absolute atomic E-state index is 0.0832. The Morgan fingerprint density at radius 2 is 2.06 bits per heavy atom. The van der Waals surface area contributed by atoms with Crippen molar-refractivity contribution in [3.8, 4) is 23.1 Å². The molecule has 0 fully saturated rings. The molecule has 0 atom stereocenters. The van der Waals surface area contributed by atoms with E-state index in [4.69, 9.17) is 16.7 Å². The number of pyridine rings is 1. The van der Waals surface area contributed by atoms with Gasteiger partial charge in [0, 0.05) is 11.1 Å². The molecule has 8 nitrogen and oxygen atoms in total. The zero-order valence-electron chi connectivity index (χ0n) is 17.1. The number of phenols is 1. The maximum Gasteiger partial charge on any atom is 0.339 e. The Hall–Kier alpha value is -4.82. The number of anilines is 1. The SMILES string of the molecule is [C-]#[N+]c1c(N)nc2c(c1C)/C(=C/c1ccc(-c3ccc(O)c(C(=O)O)c3)o1)C(C)=C2C#N. The van der Waals surface area contributed by atoms with Gasteiger partial charge in [-0.2, -0.15) is 5.26 Å². The summed E-state index contributed by atoms with van der Waals surface area (Å²) in [6.45, 7) is 11.0. The second-order valence-electron chi connectivity index (χ2n) is 7.21. The zero-order chi connectivity index (χ0) is 23.2. The van der Waals surface area contributed by atoms with Gasteiger partial charge in [-0.15, -0.1) is 0 Å². The largest absolute Gasteiger partial charge is 0.507 e. The van der Waals surface area contributed by atoms with Crippen LogP contribution in [0.1, 0.15) is 39.9 Å². The van der Waals surface area contributed by atoms with Gasteiger partial charge >= 0.3 is 5.97 Å². The molecule has 3 aromatic rings. The highest BCUT2D eigenvalue weighted by atomic mass is 16.4. The van der Waals surface area contributed by atoms with E-state index in [0.717, 1.165) is 0 Å². The summed E-state index contributed by atoms with van der Waals surface area (Å²) in [6.07, 6.45) is 1.75. The third-order valence-corrected chi connectivity index (χ3v) is 5.38. The van der Waals surface area contributed by atoms with Gasteiger partial charge in [-0.05, 0) is 67.0 Å². The molecule has 0 saturated carbocycles. The van der Waals surface area contributed by atoms with Crippen LogP contribution >= 0.6 is 0 Å². The second kappa shape index (κ2) is 7.46. The van der Waals surface area contributed by atoms with E-state index in [1.807, 2.05) is 0 Å².